The van der Waals surface area contributed by atoms with Gasteiger partial charge in [0.2, 0.25) is 0 Å². The predicted octanol–water partition coefficient (Wildman–Crippen LogP) is 5.85. The molecule has 3 heteroatoms. The zero-order chi connectivity index (χ0) is 17.0. The second-order valence-corrected chi connectivity index (χ2v) is 7.60. The molecule has 0 radical (unpaired) electrons. The van der Waals surface area contributed by atoms with E-state index in [0.717, 1.165) is 22.9 Å². The monoisotopic (exact) mass is 313 g/mol. The fourth-order valence-corrected chi connectivity index (χ4v) is 2.63. The highest BCUT2D eigenvalue weighted by Crippen LogP contribution is 2.27. The summed E-state index contributed by atoms with van der Waals surface area (Å²) in [4.78, 5) is 12.3. The van der Waals surface area contributed by atoms with E-state index in [2.05, 4.69) is 39.9 Å². The lowest BCUT2D eigenvalue weighted by Gasteiger charge is -2.28. The molecule has 1 unspecified atom stereocenters. The Hall–Kier alpha value is -2.03. The van der Waals surface area contributed by atoms with E-state index in [1.807, 2.05) is 42.5 Å². The number of carbonyl (C=O) groups is 1. The summed E-state index contributed by atoms with van der Waals surface area (Å²) in [5.41, 5.74) is 0.903. The van der Waals surface area contributed by atoms with Crippen LogP contribution in [0.15, 0.2) is 42.5 Å². The summed E-state index contributed by atoms with van der Waals surface area (Å²) in [7, 11) is 0. The Morgan fingerprint density at radius 2 is 1.74 bits per heavy atom. The lowest BCUT2D eigenvalue weighted by atomic mass is 9.85. The highest BCUT2D eigenvalue weighted by Gasteiger charge is 2.25. The van der Waals surface area contributed by atoms with Gasteiger partial charge in [-0.25, -0.2) is 4.79 Å². The maximum absolute atomic E-state index is 12.3. The molecule has 2 aromatic carbocycles. The van der Waals surface area contributed by atoms with Gasteiger partial charge in [-0.3, -0.25) is 5.32 Å². The summed E-state index contributed by atoms with van der Waals surface area (Å²) in [5.74, 6) is 0.285. The van der Waals surface area contributed by atoms with E-state index in [1.54, 1.807) is 0 Å². The summed E-state index contributed by atoms with van der Waals surface area (Å²) < 4.78 is 5.69. The van der Waals surface area contributed by atoms with Crippen LogP contribution in [-0.4, -0.2) is 12.2 Å². The van der Waals surface area contributed by atoms with Gasteiger partial charge in [-0.05, 0) is 29.2 Å². The molecular weight excluding hydrogens is 286 g/mol. The van der Waals surface area contributed by atoms with Crippen molar-refractivity contribution in [3.8, 4) is 0 Å². The molecule has 0 fully saturated rings. The van der Waals surface area contributed by atoms with Crippen LogP contribution in [0.3, 0.4) is 0 Å². The Morgan fingerprint density at radius 1 is 1.09 bits per heavy atom. The summed E-state index contributed by atoms with van der Waals surface area (Å²) in [6.07, 6.45) is 0.363. The molecule has 23 heavy (non-hydrogen) atoms. The van der Waals surface area contributed by atoms with Crippen molar-refractivity contribution in [3.05, 3.63) is 42.5 Å². The van der Waals surface area contributed by atoms with Gasteiger partial charge < -0.3 is 4.74 Å². The molecule has 124 valence electrons. The first-order chi connectivity index (χ1) is 10.8. The molecule has 3 nitrogen and oxygen atoms in total. The van der Waals surface area contributed by atoms with E-state index >= 15 is 0 Å². The maximum Gasteiger partial charge on any atom is 0.411 e. The SMILES string of the molecule is CC(C)C(CC(C)(C)C)OC(=O)Nc1cccc2ccccc12. The van der Waals surface area contributed by atoms with Crippen LogP contribution in [0.5, 0.6) is 0 Å². The summed E-state index contributed by atoms with van der Waals surface area (Å²) in [6, 6.07) is 13.9. The Labute approximate surface area is 139 Å². The van der Waals surface area contributed by atoms with Crippen LogP contribution >= 0.6 is 0 Å². The minimum atomic E-state index is -0.385. The average Bonchev–Trinajstić information content (AvgIpc) is 2.45. The number of hydrogen-bond donors (Lipinski definition) is 1. The maximum atomic E-state index is 12.3. The van der Waals surface area contributed by atoms with Gasteiger partial charge in [0, 0.05) is 5.39 Å². The van der Waals surface area contributed by atoms with Gasteiger partial charge in [0.1, 0.15) is 6.10 Å². The third kappa shape index (κ3) is 4.98. The molecule has 2 rings (SSSR count). The number of ether oxygens (including phenoxy) is 1. The van der Waals surface area contributed by atoms with Crippen LogP contribution in [0.2, 0.25) is 0 Å². The molecule has 0 aromatic heterocycles. The normalized spacial score (nSPS) is 13.1. The third-order valence-electron chi connectivity index (χ3n) is 3.84. The van der Waals surface area contributed by atoms with Crippen molar-refractivity contribution >= 4 is 22.6 Å². The van der Waals surface area contributed by atoms with Crippen molar-refractivity contribution in [1.82, 2.24) is 0 Å². The second-order valence-electron chi connectivity index (χ2n) is 7.60. The third-order valence-corrected chi connectivity index (χ3v) is 3.84. The standard InChI is InChI=1S/C20H27NO2/c1-14(2)18(13-20(3,4)5)23-19(22)21-17-12-8-10-15-9-6-7-11-16(15)17/h6-12,14,18H,13H2,1-5H3,(H,21,22). The number of fused-ring (bicyclic) bond motifs is 1. The van der Waals surface area contributed by atoms with E-state index in [1.165, 1.54) is 0 Å². The van der Waals surface area contributed by atoms with Crippen LogP contribution in [-0.2, 0) is 4.74 Å². The zero-order valence-electron chi connectivity index (χ0n) is 14.7. The van der Waals surface area contributed by atoms with Crippen LogP contribution in [0, 0.1) is 11.3 Å². The number of amides is 1. The minimum Gasteiger partial charge on any atom is -0.446 e. The van der Waals surface area contributed by atoms with E-state index < -0.39 is 0 Å². The first-order valence-corrected chi connectivity index (χ1v) is 8.22. The molecule has 0 bridgehead atoms. The molecule has 1 amide bonds. The number of hydrogen-bond acceptors (Lipinski definition) is 2. The number of carbonyl (C=O) groups excluding carboxylic acids is 1. The molecule has 0 spiro atoms. The van der Waals surface area contributed by atoms with Gasteiger partial charge >= 0.3 is 6.09 Å². The van der Waals surface area contributed by atoms with Crippen LogP contribution in [0.4, 0.5) is 10.5 Å². The number of rotatable bonds is 4. The van der Waals surface area contributed by atoms with Crippen molar-refractivity contribution in [2.24, 2.45) is 11.3 Å². The van der Waals surface area contributed by atoms with Gasteiger partial charge in [-0.2, -0.15) is 0 Å². The number of nitrogens with one attached hydrogen (secondary N) is 1. The molecule has 0 aliphatic carbocycles. The predicted molar refractivity (Wildman–Crippen MR) is 96.7 cm³/mol. The fourth-order valence-electron chi connectivity index (χ4n) is 2.63. The van der Waals surface area contributed by atoms with Gasteiger partial charge in [0.15, 0.2) is 0 Å². The van der Waals surface area contributed by atoms with Crippen molar-refractivity contribution in [2.75, 3.05) is 5.32 Å². The molecule has 0 aliphatic rings. The van der Waals surface area contributed by atoms with Crippen molar-refractivity contribution < 1.29 is 9.53 Å². The molecule has 0 heterocycles. The minimum absolute atomic E-state index is 0.0926. The lowest BCUT2D eigenvalue weighted by molar-refractivity contribution is 0.0537. The summed E-state index contributed by atoms with van der Waals surface area (Å²) in [5, 5.41) is 5.01. The van der Waals surface area contributed by atoms with Crippen LogP contribution in [0.1, 0.15) is 41.0 Å². The lowest BCUT2D eigenvalue weighted by Crippen LogP contribution is -2.30. The van der Waals surface area contributed by atoms with Crippen LogP contribution < -0.4 is 5.32 Å². The first-order valence-electron chi connectivity index (χ1n) is 8.22. The van der Waals surface area contributed by atoms with Gasteiger partial charge in [0.25, 0.3) is 0 Å². The Bertz CT molecular complexity index is 665. The smallest absolute Gasteiger partial charge is 0.411 e. The average molecular weight is 313 g/mol. The van der Waals surface area contributed by atoms with Crippen molar-refractivity contribution in [3.63, 3.8) is 0 Å². The molecule has 0 saturated carbocycles. The van der Waals surface area contributed by atoms with E-state index in [0.29, 0.717) is 0 Å². The van der Waals surface area contributed by atoms with Crippen LogP contribution in [0.25, 0.3) is 10.8 Å². The second kappa shape index (κ2) is 7.03. The van der Waals surface area contributed by atoms with E-state index in [-0.39, 0.29) is 23.5 Å². The number of benzene rings is 2. The van der Waals surface area contributed by atoms with Gasteiger partial charge in [-0.1, -0.05) is 71.0 Å². The molecule has 1 N–H and O–H groups in total. The highest BCUT2D eigenvalue weighted by atomic mass is 16.6. The molecule has 2 aromatic rings. The summed E-state index contributed by atoms with van der Waals surface area (Å²) in [6.45, 7) is 10.7. The zero-order valence-corrected chi connectivity index (χ0v) is 14.7. The molecule has 0 aliphatic heterocycles. The molecule has 0 saturated heterocycles. The van der Waals surface area contributed by atoms with E-state index in [9.17, 15) is 4.79 Å². The van der Waals surface area contributed by atoms with Crippen molar-refractivity contribution in [2.45, 2.75) is 47.1 Å². The number of anilines is 1. The Morgan fingerprint density at radius 3 is 2.39 bits per heavy atom. The molecule has 1 atom stereocenters. The van der Waals surface area contributed by atoms with Crippen molar-refractivity contribution in [1.29, 1.82) is 0 Å². The van der Waals surface area contributed by atoms with Gasteiger partial charge in [-0.15, -0.1) is 0 Å². The Balaban J connectivity index is 2.11. The highest BCUT2D eigenvalue weighted by molar-refractivity contribution is 6.00. The topological polar surface area (TPSA) is 38.3 Å². The van der Waals surface area contributed by atoms with Gasteiger partial charge in [0.05, 0.1) is 5.69 Å². The fraction of sp³-hybridized carbons (Fsp3) is 0.450. The van der Waals surface area contributed by atoms with E-state index in [4.69, 9.17) is 4.74 Å². The first kappa shape index (κ1) is 17.3. The quantitative estimate of drug-likeness (QED) is 0.769. The summed E-state index contributed by atoms with van der Waals surface area (Å²) >= 11 is 0. The molecular formula is C20H27NO2. The Kier molecular flexibility index (Phi) is 5.30. The largest absolute Gasteiger partial charge is 0.446 e.